The largest absolute Gasteiger partial charge is 0.325 e. The molecule has 0 bridgehead atoms. The summed E-state index contributed by atoms with van der Waals surface area (Å²) in [4.78, 5) is 11.9. The van der Waals surface area contributed by atoms with Crippen molar-refractivity contribution >= 4 is 27.5 Å². The van der Waals surface area contributed by atoms with Crippen molar-refractivity contribution in [1.29, 1.82) is 0 Å². The molecule has 0 aliphatic heterocycles. The molecule has 0 saturated heterocycles. The zero-order valence-electron chi connectivity index (χ0n) is 12.0. The lowest BCUT2D eigenvalue weighted by molar-refractivity contribution is -0.115. The lowest BCUT2D eigenvalue weighted by Crippen LogP contribution is -2.36. The summed E-state index contributed by atoms with van der Waals surface area (Å²) in [6.07, 6.45) is 6.46. The highest BCUT2D eigenvalue weighted by Gasteiger charge is 2.31. The molecule has 3 nitrogen and oxygen atoms in total. The van der Waals surface area contributed by atoms with E-state index in [1.165, 1.54) is 32.1 Å². The number of anilines is 1. The molecule has 0 unspecified atom stereocenters. The number of halogens is 1. The molecule has 2 rings (SSSR count). The lowest BCUT2D eigenvalue weighted by atomic mass is 9.83. The minimum Gasteiger partial charge on any atom is -0.325 e. The van der Waals surface area contributed by atoms with Crippen LogP contribution in [0, 0.1) is 5.41 Å². The average molecular weight is 339 g/mol. The Morgan fingerprint density at radius 3 is 2.50 bits per heavy atom. The zero-order chi connectivity index (χ0) is 14.4. The van der Waals surface area contributed by atoms with Crippen LogP contribution in [0.25, 0.3) is 0 Å². The van der Waals surface area contributed by atoms with Crippen molar-refractivity contribution in [2.75, 3.05) is 18.4 Å². The van der Waals surface area contributed by atoms with E-state index in [9.17, 15) is 4.79 Å². The van der Waals surface area contributed by atoms with Crippen LogP contribution in [0.1, 0.15) is 39.0 Å². The zero-order valence-corrected chi connectivity index (χ0v) is 13.6. The number of rotatable bonds is 6. The molecule has 1 aliphatic rings. The second-order valence-electron chi connectivity index (χ2n) is 5.72. The molecule has 4 heteroatoms. The summed E-state index contributed by atoms with van der Waals surface area (Å²) in [5.74, 6) is 0.0246. The fourth-order valence-corrected chi connectivity index (χ4v) is 3.22. The van der Waals surface area contributed by atoms with Gasteiger partial charge in [0.05, 0.1) is 6.54 Å². The number of nitrogens with one attached hydrogen (secondary N) is 2. The first-order valence-corrected chi connectivity index (χ1v) is 8.19. The number of benzene rings is 1. The fraction of sp³-hybridized carbons (Fsp3) is 0.562. The van der Waals surface area contributed by atoms with E-state index in [-0.39, 0.29) is 5.91 Å². The molecule has 20 heavy (non-hydrogen) atoms. The SMILES string of the molecule is CCC1(CNCC(=O)Nc2ccc(Br)cc2)CCCC1. The van der Waals surface area contributed by atoms with Gasteiger partial charge in [0.25, 0.3) is 0 Å². The van der Waals surface area contributed by atoms with Gasteiger partial charge in [-0.2, -0.15) is 0 Å². The van der Waals surface area contributed by atoms with Crippen molar-refractivity contribution in [3.05, 3.63) is 28.7 Å². The summed E-state index contributed by atoms with van der Waals surface area (Å²) >= 11 is 3.38. The maximum Gasteiger partial charge on any atom is 0.238 e. The van der Waals surface area contributed by atoms with Crippen molar-refractivity contribution in [3.63, 3.8) is 0 Å². The van der Waals surface area contributed by atoms with Gasteiger partial charge in [0.2, 0.25) is 5.91 Å². The smallest absolute Gasteiger partial charge is 0.238 e. The van der Waals surface area contributed by atoms with E-state index in [1.54, 1.807) is 0 Å². The molecule has 0 atom stereocenters. The van der Waals surface area contributed by atoms with E-state index in [0.717, 1.165) is 16.7 Å². The van der Waals surface area contributed by atoms with Crippen molar-refractivity contribution in [1.82, 2.24) is 5.32 Å². The molecule has 1 aromatic carbocycles. The highest BCUT2D eigenvalue weighted by atomic mass is 79.9. The molecule has 1 amide bonds. The first-order valence-electron chi connectivity index (χ1n) is 7.40. The summed E-state index contributed by atoms with van der Waals surface area (Å²) in [6.45, 7) is 3.60. The van der Waals surface area contributed by atoms with Gasteiger partial charge < -0.3 is 10.6 Å². The summed E-state index contributed by atoms with van der Waals surface area (Å²) in [6, 6.07) is 7.64. The van der Waals surface area contributed by atoms with Crippen molar-refractivity contribution in [2.45, 2.75) is 39.0 Å². The van der Waals surface area contributed by atoms with Crippen LogP contribution in [0.4, 0.5) is 5.69 Å². The Morgan fingerprint density at radius 2 is 1.90 bits per heavy atom. The van der Waals surface area contributed by atoms with Gasteiger partial charge in [-0.1, -0.05) is 35.7 Å². The van der Waals surface area contributed by atoms with Gasteiger partial charge in [0.1, 0.15) is 0 Å². The topological polar surface area (TPSA) is 41.1 Å². The second-order valence-corrected chi connectivity index (χ2v) is 6.63. The van der Waals surface area contributed by atoms with E-state index < -0.39 is 0 Å². The van der Waals surface area contributed by atoms with Crippen LogP contribution >= 0.6 is 15.9 Å². The van der Waals surface area contributed by atoms with Crippen LogP contribution in [0.2, 0.25) is 0 Å². The average Bonchev–Trinajstić information content (AvgIpc) is 2.91. The number of carbonyl (C=O) groups excluding carboxylic acids is 1. The predicted molar refractivity (Wildman–Crippen MR) is 86.8 cm³/mol. The van der Waals surface area contributed by atoms with Gasteiger partial charge in [-0.25, -0.2) is 0 Å². The van der Waals surface area contributed by atoms with Crippen LogP contribution in [0.3, 0.4) is 0 Å². The van der Waals surface area contributed by atoms with Crippen LogP contribution in [-0.4, -0.2) is 19.0 Å². The van der Waals surface area contributed by atoms with Crippen LogP contribution in [-0.2, 0) is 4.79 Å². The summed E-state index contributed by atoms with van der Waals surface area (Å²) in [5, 5.41) is 6.23. The number of carbonyl (C=O) groups is 1. The van der Waals surface area contributed by atoms with Gasteiger partial charge in [-0.3, -0.25) is 4.79 Å². The Bertz CT molecular complexity index is 438. The third-order valence-electron chi connectivity index (χ3n) is 4.33. The molecule has 110 valence electrons. The summed E-state index contributed by atoms with van der Waals surface area (Å²) in [7, 11) is 0. The summed E-state index contributed by atoms with van der Waals surface area (Å²) < 4.78 is 1.01. The number of amides is 1. The Balaban J connectivity index is 1.73. The molecule has 0 spiro atoms. The predicted octanol–water partition coefficient (Wildman–Crippen LogP) is 3.95. The van der Waals surface area contributed by atoms with Crippen LogP contribution in [0.15, 0.2) is 28.7 Å². The van der Waals surface area contributed by atoms with E-state index in [1.807, 2.05) is 24.3 Å². The molecular weight excluding hydrogens is 316 g/mol. The maximum absolute atomic E-state index is 11.9. The highest BCUT2D eigenvalue weighted by molar-refractivity contribution is 9.10. The number of hydrogen-bond donors (Lipinski definition) is 2. The third kappa shape index (κ3) is 4.32. The normalized spacial score (nSPS) is 17.1. The maximum atomic E-state index is 11.9. The Labute approximate surface area is 129 Å². The van der Waals surface area contributed by atoms with Crippen molar-refractivity contribution in [3.8, 4) is 0 Å². The Hall–Kier alpha value is -0.870. The van der Waals surface area contributed by atoms with E-state index in [4.69, 9.17) is 0 Å². The quantitative estimate of drug-likeness (QED) is 0.824. The fourth-order valence-electron chi connectivity index (χ4n) is 2.96. The third-order valence-corrected chi connectivity index (χ3v) is 4.86. The minimum absolute atomic E-state index is 0.0246. The number of hydrogen-bond acceptors (Lipinski definition) is 2. The summed E-state index contributed by atoms with van der Waals surface area (Å²) in [5.41, 5.74) is 1.27. The first kappa shape index (κ1) is 15.5. The molecule has 1 aromatic rings. The lowest BCUT2D eigenvalue weighted by Gasteiger charge is -2.27. The molecule has 1 aliphatic carbocycles. The monoisotopic (exact) mass is 338 g/mol. The first-order chi connectivity index (χ1) is 9.63. The molecule has 1 fully saturated rings. The Kier molecular flexibility index (Phi) is 5.61. The standard InChI is InChI=1S/C16H23BrN2O/c1-2-16(9-3-4-10-16)12-18-11-15(20)19-14-7-5-13(17)6-8-14/h5-8,18H,2-4,9-12H2,1H3,(H,19,20). The van der Waals surface area contributed by atoms with E-state index in [2.05, 4.69) is 33.5 Å². The Morgan fingerprint density at radius 1 is 1.25 bits per heavy atom. The molecule has 0 radical (unpaired) electrons. The molecule has 1 saturated carbocycles. The highest BCUT2D eigenvalue weighted by Crippen LogP contribution is 2.40. The van der Waals surface area contributed by atoms with Crippen LogP contribution in [0.5, 0.6) is 0 Å². The van der Waals surface area contributed by atoms with Gasteiger partial charge in [0.15, 0.2) is 0 Å². The van der Waals surface area contributed by atoms with Crippen LogP contribution < -0.4 is 10.6 Å². The van der Waals surface area contributed by atoms with Gasteiger partial charge in [-0.05, 0) is 48.9 Å². The molecular formula is C16H23BrN2O. The molecule has 0 heterocycles. The molecule has 2 N–H and O–H groups in total. The van der Waals surface area contributed by atoms with Crippen molar-refractivity contribution < 1.29 is 4.79 Å². The van der Waals surface area contributed by atoms with Gasteiger partial charge >= 0.3 is 0 Å². The van der Waals surface area contributed by atoms with Crippen molar-refractivity contribution in [2.24, 2.45) is 5.41 Å². The molecule has 0 aromatic heterocycles. The van der Waals surface area contributed by atoms with E-state index in [0.29, 0.717) is 12.0 Å². The minimum atomic E-state index is 0.0246. The van der Waals surface area contributed by atoms with E-state index >= 15 is 0 Å². The second kappa shape index (κ2) is 7.23. The van der Waals surface area contributed by atoms with Gasteiger partial charge in [0, 0.05) is 16.7 Å². The van der Waals surface area contributed by atoms with Gasteiger partial charge in [-0.15, -0.1) is 0 Å².